The molecule has 2 N–H and O–H groups in total. The van der Waals surface area contributed by atoms with Gasteiger partial charge in [0.15, 0.2) is 0 Å². The Balaban J connectivity index is 2.25. The smallest absolute Gasteiger partial charge is 0.345 e. The van der Waals surface area contributed by atoms with Crippen LogP contribution in [-0.2, 0) is 0 Å². The molecule has 20 heavy (non-hydrogen) atoms. The summed E-state index contributed by atoms with van der Waals surface area (Å²) >= 11 is 0. The molecular formula is C14H14FN3O2. The minimum absolute atomic E-state index is 0.334. The molecule has 0 aliphatic heterocycles. The lowest BCUT2D eigenvalue weighted by molar-refractivity contribution is 0.170. The first-order chi connectivity index (χ1) is 9.45. The van der Waals surface area contributed by atoms with Gasteiger partial charge in [0.05, 0.1) is 16.7 Å². The van der Waals surface area contributed by atoms with E-state index in [9.17, 15) is 14.4 Å². The maximum atomic E-state index is 13.0. The number of hydrogen-bond donors (Lipinski definition) is 2. The number of hydrogen-bond acceptors (Lipinski definition) is 2. The minimum Gasteiger partial charge on any atom is -0.428 e. The van der Waals surface area contributed by atoms with Gasteiger partial charge < -0.3 is 10.5 Å². The predicted octanol–water partition coefficient (Wildman–Crippen LogP) is 2.61. The summed E-state index contributed by atoms with van der Waals surface area (Å²) in [5.74, 6) is -0.435. The first kappa shape index (κ1) is 13.8. The third-order valence-electron chi connectivity index (χ3n) is 2.69. The molecule has 0 saturated carbocycles. The summed E-state index contributed by atoms with van der Waals surface area (Å²) in [6, 6.07) is 8.09. The highest BCUT2D eigenvalue weighted by molar-refractivity contribution is 5.89. The Bertz CT molecular complexity index is 696. The molecule has 0 aliphatic carbocycles. The van der Waals surface area contributed by atoms with Gasteiger partial charge in [0.2, 0.25) is 0 Å². The fourth-order valence-electron chi connectivity index (χ4n) is 1.77. The molecule has 0 radical (unpaired) electrons. The Morgan fingerprint density at radius 3 is 2.50 bits per heavy atom. The fraction of sp³-hybridized carbons (Fsp3) is 0.143. The molecule has 6 heteroatoms. The summed E-state index contributed by atoms with van der Waals surface area (Å²) in [7, 11) is 0. The third-order valence-corrected chi connectivity index (χ3v) is 2.69. The monoisotopic (exact) mass is 275 g/mol. The van der Waals surface area contributed by atoms with Gasteiger partial charge in [-0.2, -0.15) is 9.72 Å². The molecule has 0 fully saturated rings. The average Bonchev–Trinajstić information content (AvgIpc) is 2.35. The van der Waals surface area contributed by atoms with Gasteiger partial charge in [-0.15, -0.1) is 0 Å². The summed E-state index contributed by atoms with van der Waals surface area (Å²) in [5, 5.41) is 12.4. The Morgan fingerprint density at radius 2 is 1.90 bits per heavy atom. The topological polar surface area (TPSA) is 66.6 Å². The first-order valence-electron chi connectivity index (χ1n) is 5.96. The SMILES string of the molecule is Cc1cc(=NC(=O)Nc2cccc(F)c2)cc(C)n1O. The number of carbonyl (C=O) groups excluding carboxylic acids is 1. The zero-order valence-corrected chi connectivity index (χ0v) is 11.1. The Morgan fingerprint density at radius 1 is 1.25 bits per heavy atom. The van der Waals surface area contributed by atoms with Gasteiger partial charge in [0.25, 0.3) is 0 Å². The van der Waals surface area contributed by atoms with Crippen LogP contribution in [0.5, 0.6) is 0 Å². The molecule has 0 aliphatic rings. The van der Waals surface area contributed by atoms with Crippen LogP contribution in [0.4, 0.5) is 14.9 Å². The lowest BCUT2D eigenvalue weighted by Crippen LogP contribution is -2.16. The van der Waals surface area contributed by atoms with Crippen LogP contribution in [0.1, 0.15) is 11.4 Å². The van der Waals surface area contributed by atoms with Crippen LogP contribution in [0, 0.1) is 19.7 Å². The van der Waals surface area contributed by atoms with Crippen molar-refractivity contribution in [3.8, 4) is 0 Å². The molecule has 1 aromatic carbocycles. The zero-order valence-electron chi connectivity index (χ0n) is 11.1. The van der Waals surface area contributed by atoms with Crippen molar-refractivity contribution in [1.29, 1.82) is 0 Å². The Labute approximate surface area is 115 Å². The van der Waals surface area contributed by atoms with Crippen molar-refractivity contribution < 1.29 is 14.4 Å². The second-order valence-electron chi connectivity index (χ2n) is 4.36. The number of nitrogens with zero attached hydrogens (tertiary/aromatic N) is 2. The van der Waals surface area contributed by atoms with Gasteiger partial charge >= 0.3 is 6.03 Å². The van der Waals surface area contributed by atoms with Gasteiger partial charge in [0.1, 0.15) is 5.82 Å². The van der Waals surface area contributed by atoms with E-state index in [-0.39, 0.29) is 0 Å². The molecule has 0 spiro atoms. The molecule has 1 aromatic heterocycles. The van der Waals surface area contributed by atoms with Crippen molar-refractivity contribution in [2.75, 3.05) is 5.32 Å². The first-order valence-corrected chi connectivity index (χ1v) is 5.96. The van der Waals surface area contributed by atoms with Crippen molar-refractivity contribution in [2.45, 2.75) is 13.8 Å². The van der Waals surface area contributed by atoms with Crippen LogP contribution < -0.4 is 10.7 Å². The molecular weight excluding hydrogens is 261 g/mol. The average molecular weight is 275 g/mol. The summed E-state index contributed by atoms with van der Waals surface area (Å²) in [6.45, 7) is 3.38. The van der Waals surface area contributed by atoms with E-state index in [0.717, 1.165) is 4.73 Å². The van der Waals surface area contributed by atoms with Crippen molar-refractivity contribution >= 4 is 11.7 Å². The lowest BCUT2D eigenvalue weighted by Gasteiger charge is -2.06. The Kier molecular flexibility index (Phi) is 3.84. The molecule has 2 rings (SSSR count). The van der Waals surface area contributed by atoms with Gasteiger partial charge in [-0.25, -0.2) is 9.18 Å². The van der Waals surface area contributed by atoms with Gasteiger partial charge in [-0.3, -0.25) is 0 Å². The number of aromatic nitrogens is 1. The molecule has 104 valence electrons. The molecule has 0 saturated heterocycles. The van der Waals surface area contributed by atoms with Crippen LogP contribution in [-0.4, -0.2) is 16.0 Å². The number of pyridine rings is 1. The van der Waals surface area contributed by atoms with E-state index in [1.807, 2.05) is 0 Å². The summed E-state index contributed by atoms with van der Waals surface area (Å²) < 4.78 is 14.0. The number of nitrogens with one attached hydrogen (secondary N) is 1. The van der Waals surface area contributed by atoms with Gasteiger partial charge in [-0.1, -0.05) is 6.07 Å². The molecule has 0 atom stereocenters. The van der Waals surface area contributed by atoms with Crippen molar-refractivity contribution in [1.82, 2.24) is 4.73 Å². The van der Waals surface area contributed by atoms with E-state index >= 15 is 0 Å². The highest BCUT2D eigenvalue weighted by atomic mass is 19.1. The maximum absolute atomic E-state index is 13.0. The third kappa shape index (κ3) is 3.23. The maximum Gasteiger partial charge on any atom is 0.345 e. The number of urea groups is 1. The highest BCUT2D eigenvalue weighted by Crippen LogP contribution is 2.09. The summed E-state index contributed by atoms with van der Waals surface area (Å²) in [4.78, 5) is 15.6. The second-order valence-corrected chi connectivity index (χ2v) is 4.36. The lowest BCUT2D eigenvalue weighted by atomic mass is 10.3. The molecule has 0 unspecified atom stereocenters. The summed E-state index contributed by atoms with van der Waals surface area (Å²) in [5.41, 5.74) is 1.45. The molecule has 1 heterocycles. The number of carbonyl (C=O) groups is 1. The predicted molar refractivity (Wildman–Crippen MR) is 72.1 cm³/mol. The van der Waals surface area contributed by atoms with E-state index in [2.05, 4.69) is 10.3 Å². The standard InChI is InChI=1S/C14H14FN3O2/c1-9-6-13(7-10(2)18(9)20)17-14(19)16-12-5-3-4-11(15)8-12/h3-8,20H,1-2H3,(H,16,19). The largest absolute Gasteiger partial charge is 0.428 e. The summed E-state index contributed by atoms with van der Waals surface area (Å²) in [6.07, 6.45) is 0. The quantitative estimate of drug-likeness (QED) is 0.786. The Hall–Kier alpha value is -2.63. The number of halogens is 1. The van der Waals surface area contributed by atoms with Crippen LogP contribution in [0.25, 0.3) is 0 Å². The molecule has 5 nitrogen and oxygen atoms in total. The van der Waals surface area contributed by atoms with Crippen LogP contribution in [0.3, 0.4) is 0 Å². The number of aryl methyl sites for hydroxylation is 2. The normalized spacial score (nSPS) is 10.2. The van der Waals surface area contributed by atoms with Crippen molar-refractivity contribution in [2.24, 2.45) is 4.99 Å². The van der Waals surface area contributed by atoms with E-state index in [1.54, 1.807) is 32.0 Å². The van der Waals surface area contributed by atoms with Gasteiger partial charge in [-0.05, 0) is 44.2 Å². The van der Waals surface area contributed by atoms with E-state index < -0.39 is 11.8 Å². The molecule has 0 bridgehead atoms. The zero-order chi connectivity index (χ0) is 14.7. The second kappa shape index (κ2) is 5.56. The van der Waals surface area contributed by atoms with Crippen molar-refractivity contribution in [3.05, 3.63) is 59.0 Å². The van der Waals surface area contributed by atoms with Crippen molar-refractivity contribution in [3.63, 3.8) is 0 Å². The highest BCUT2D eigenvalue weighted by Gasteiger charge is 2.02. The minimum atomic E-state index is -0.606. The van der Waals surface area contributed by atoms with Gasteiger partial charge in [0, 0.05) is 5.69 Å². The number of amides is 2. The molecule has 2 amide bonds. The van der Waals surface area contributed by atoms with Crippen LogP contribution in [0.15, 0.2) is 41.4 Å². The fourth-order valence-corrected chi connectivity index (χ4v) is 1.77. The van der Waals surface area contributed by atoms with E-state index in [4.69, 9.17) is 0 Å². The number of benzene rings is 1. The number of anilines is 1. The van der Waals surface area contributed by atoms with E-state index in [0.29, 0.717) is 22.4 Å². The van der Waals surface area contributed by atoms with Crippen LogP contribution >= 0.6 is 0 Å². The number of rotatable bonds is 1. The van der Waals surface area contributed by atoms with E-state index in [1.165, 1.54) is 18.2 Å². The molecule has 2 aromatic rings. The van der Waals surface area contributed by atoms with Crippen LogP contribution in [0.2, 0.25) is 0 Å².